The molecule has 0 radical (unpaired) electrons. The van der Waals surface area contributed by atoms with Crippen LogP contribution >= 0.6 is 0 Å². The molecule has 2 amide bonds. The summed E-state index contributed by atoms with van der Waals surface area (Å²) in [5, 5.41) is 0. The molecule has 2 aliphatic heterocycles. The summed E-state index contributed by atoms with van der Waals surface area (Å²) in [6.45, 7) is 2.17. The number of ether oxygens (including phenoxy) is 1. The first-order valence-electron chi connectivity index (χ1n) is 11.4. The van der Waals surface area contributed by atoms with Crippen LogP contribution in [-0.2, 0) is 22.6 Å². The number of rotatable bonds is 8. The number of aryl methyl sites for hydroxylation is 1. The number of methoxy groups -OCH3 is 1. The van der Waals surface area contributed by atoms with Gasteiger partial charge < -0.3 is 4.74 Å². The molecule has 164 valence electrons. The Kier molecular flexibility index (Phi) is 7.03. The fourth-order valence-electron chi connectivity index (χ4n) is 4.82. The number of benzene rings is 2. The van der Waals surface area contributed by atoms with Gasteiger partial charge in [-0.2, -0.15) is 0 Å². The van der Waals surface area contributed by atoms with E-state index in [4.69, 9.17) is 4.74 Å². The lowest BCUT2D eigenvalue weighted by molar-refractivity contribution is -0.140. The molecule has 2 fully saturated rings. The van der Waals surface area contributed by atoms with Crippen molar-refractivity contribution in [3.8, 4) is 5.75 Å². The number of piperidine rings is 1. The van der Waals surface area contributed by atoms with E-state index in [0.29, 0.717) is 13.0 Å². The number of imide groups is 1. The fraction of sp³-hybridized carbons (Fsp3) is 0.462. The molecule has 0 N–H and O–H groups in total. The summed E-state index contributed by atoms with van der Waals surface area (Å²) < 4.78 is 5.18. The molecule has 0 aromatic heterocycles. The minimum absolute atomic E-state index is 0.0386. The van der Waals surface area contributed by atoms with Gasteiger partial charge in [-0.1, -0.05) is 48.9 Å². The van der Waals surface area contributed by atoms with Gasteiger partial charge >= 0.3 is 0 Å². The zero-order valence-electron chi connectivity index (χ0n) is 18.3. The lowest BCUT2D eigenvalue weighted by Crippen LogP contribution is -2.45. The van der Waals surface area contributed by atoms with E-state index in [1.807, 2.05) is 24.3 Å². The first-order valence-corrected chi connectivity index (χ1v) is 11.4. The number of carbonyl (C=O) groups excluding carboxylic acids is 2. The second-order valence-corrected chi connectivity index (χ2v) is 8.74. The topological polar surface area (TPSA) is 49.9 Å². The number of amides is 2. The summed E-state index contributed by atoms with van der Waals surface area (Å²) in [6, 6.07) is 17.9. The van der Waals surface area contributed by atoms with Crippen LogP contribution in [0.5, 0.6) is 5.75 Å². The number of hydrogen-bond donors (Lipinski definition) is 0. The van der Waals surface area contributed by atoms with E-state index in [1.54, 1.807) is 7.11 Å². The molecule has 2 aliphatic rings. The average molecular weight is 421 g/mol. The molecule has 2 saturated heterocycles. The van der Waals surface area contributed by atoms with Crippen molar-refractivity contribution >= 4 is 11.8 Å². The SMILES string of the molecule is COc1ccc(CN2C(=O)C[C@H](N3CCC(CCCc4ccccc4)CC3)C2=O)cc1. The average Bonchev–Trinajstić information content (AvgIpc) is 3.09. The summed E-state index contributed by atoms with van der Waals surface area (Å²) in [5.41, 5.74) is 2.35. The van der Waals surface area contributed by atoms with Gasteiger partial charge in [0.25, 0.3) is 0 Å². The Morgan fingerprint density at radius 3 is 2.32 bits per heavy atom. The maximum absolute atomic E-state index is 13.0. The molecule has 4 rings (SSSR count). The normalized spacial score (nSPS) is 20.4. The van der Waals surface area contributed by atoms with Crippen LogP contribution in [0, 0.1) is 5.92 Å². The van der Waals surface area contributed by atoms with Crippen LogP contribution < -0.4 is 4.74 Å². The highest BCUT2D eigenvalue weighted by atomic mass is 16.5. The van der Waals surface area contributed by atoms with Crippen molar-refractivity contribution in [2.75, 3.05) is 20.2 Å². The smallest absolute Gasteiger partial charge is 0.247 e. The zero-order chi connectivity index (χ0) is 21.6. The van der Waals surface area contributed by atoms with E-state index in [1.165, 1.54) is 23.3 Å². The number of nitrogens with zero attached hydrogens (tertiary/aromatic N) is 2. The van der Waals surface area contributed by atoms with E-state index in [9.17, 15) is 9.59 Å². The van der Waals surface area contributed by atoms with Crippen LogP contribution in [0.3, 0.4) is 0 Å². The third-order valence-electron chi connectivity index (χ3n) is 6.73. The minimum Gasteiger partial charge on any atom is -0.497 e. The maximum Gasteiger partial charge on any atom is 0.247 e. The highest BCUT2D eigenvalue weighted by molar-refractivity contribution is 6.05. The Hall–Kier alpha value is -2.66. The summed E-state index contributed by atoms with van der Waals surface area (Å²) >= 11 is 0. The van der Waals surface area contributed by atoms with Crippen LogP contribution in [0.1, 0.15) is 43.2 Å². The molecule has 2 heterocycles. The van der Waals surface area contributed by atoms with Crippen LogP contribution in [0.2, 0.25) is 0 Å². The molecule has 5 heteroatoms. The van der Waals surface area contributed by atoms with Crippen molar-refractivity contribution in [3.05, 3.63) is 65.7 Å². The molecular weight excluding hydrogens is 388 g/mol. The number of hydrogen-bond acceptors (Lipinski definition) is 4. The quantitative estimate of drug-likeness (QED) is 0.605. The fourth-order valence-corrected chi connectivity index (χ4v) is 4.82. The maximum atomic E-state index is 13.0. The van der Waals surface area contributed by atoms with Gasteiger partial charge in [-0.25, -0.2) is 0 Å². The van der Waals surface area contributed by atoms with Crippen molar-refractivity contribution in [2.24, 2.45) is 5.92 Å². The van der Waals surface area contributed by atoms with Crippen LogP contribution in [-0.4, -0.2) is 47.9 Å². The summed E-state index contributed by atoms with van der Waals surface area (Å²) in [6.07, 6.45) is 6.14. The third kappa shape index (κ3) is 5.34. The van der Waals surface area contributed by atoms with Crippen LogP contribution in [0.25, 0.3) is 0 Å². The van der Waals surface area contributed by atoms with E-state index >= 15 is 0 Å². The second kappa shape index (κ2) is 10.1. The first-order chi connectivity index (χ1) is 15.1. The first kappa shape index (κ1) is 21.6. The van der Waals surface area contributed by atoms with E-state index in [0.717, 1.165) is 49.6 Å². The van der Waals surface area contributed by atoms with Gasteiger partial charge in [-0.05, 0) is 68.0 Å². The molecule has 5 nitrogen and oxygen atoms in total. The van der Waals surface area contributed by atoms with E-state index in [2.05, 4.69) is 35.2 Å². The Morgan fingerprint density at radius 2 is 1.65 bits per heavy atom. The Bertz CT molecular complexity index is 873. The predicted octanol–water partition coefficient (Wildman–Crippen LogP) is 4.06. The zero-order valence-corrected chi connectivity index (χ0v) is 18.3. The van der Waals surface area contributed by atoms with Crippen molar-refractivity contribution in [1.29, 1.82) is 0 Å². The molecule has 1 atom stereocenters. The van der Waals surface area contributed by atoms with Gasteiger partial charge in [0.1, 0.15) is 5.75 Å². The molecular formula is C26H32N2O3. The van der Waals surface area contributed by atoms with Gasteiger partial charge in [-0.3, -0.25) is 19.4 Å². The van der Waals surface area contributed by atoms with Gasteiger partial charge in [-0.15, -0.1) is 0 Å². The highest BCUT2D eigenvalue weighted by Gasteiger charge is 2.42. The molecule has 31 heavy (non-hydrogen) atoms. The van der Waals surface area contributed by atoms with Crippen molar-refractivity contribution < 1.29 is 14.3 Å². The highest BCUT2D eigenvalue weighted by Crippen LogP contribution is 2.28. The monoisotopic (exact) mass is 420 g/mol. The molecule has 0 bridgehead atoms. The van der Waals surface area contributed by atoms with Crippen molar-refractivity contribution in [3.63, 3.8) is 0 Å². The molecule has 2 aromatic rings. The predicted molar refractivity (Wildman–Crippen MR) is 121 cm³/mol. The second-order valence-electron chi connectivity index (χ2n) is 8.74. The number of likely N-dealkylation sites (tertiary alicyclic amines) is 2. The molecule has 0 saturated carbocycles. The Labute approximate surface area is 185 Å². The summed E-state index contributed by atoms with van der Waals surface area (Å²) in [7, 11) is 1.62. The summed E-state index contributed by atoms with van der Waals surface area (Å²) in [4.78, 5) is 29.2. The van der Waals surface area contributed by atoms with Crippen LogP contribution in [0.4, 0.5) is 0 Å². The molecule has 2 aromatic carbocycles. The molecule has 0 spiro atoms. The van der Waals surface area contributed by atoms with Crippen LogP contribution in [0.15, 0.2) is 54.6 Å². The van der Waals surface area contributed by atoms with Crippen molar-refractivity contribution in [2.45, 2.75) is 51.1 Å². The van der Waals surface area contributed by atoms with Gasteiger partial charge in [0.05, 0.1) is 26.1 Å². The Morgan fingerprint density at radius 1 is 0.935 bits per heavy atom. The minimum atomic E-state index is -0.281. The third-order valence-corrected chi connectivity index (χ3v) is 6.73. The van der Waals surface area contributed by atoms with Gasteiger partial charge in [0.15, 0.2) is 0 Å². The standard InChI is InChI=1S/C26H32N2O3/c1-31-23-12-10-22(11-13-23)19-28-25(29)18-24(26(28)30)27-16-14-21(15-17-27)9-5-8-20-6-3-2-4-7-20/h2-4,6-7,10-13,21,24H,5,8-9,14-19H2,1H3/t24-/m0/s1. The van der Waals surface area contributed by atoms with Crippen molar-refractivity contribution in [1.82, 2.24) is 9.80 Å². The van der Waals surface area contributed by atoms with Gasteiger partial charge in [0, 0.05) is 0 Å². The van der Waals surface area contributed by atoms with E-state index in [-0.39, 0.29) is 17.9 Å². The molecule has 0 aliphatic carbocycles. The van der Waals surface area contributed by atoms with E-state index < -0.39 is 0 Å². The Balaban J connectivity index is 1.24. The lowest BCUT2D eigenvalue weighted by Gasteiger charge is -2.34. The largest absolute Gasteiger partial charge is 0.497 e. The summed E-state index contributed by atoms with van der Waals surface area (Å²) in [5.74, 6) is 1.40. The van der Waals surface area contributed by atoms with Gasteiger partial charge in [0.2, 0.25) is 11.8 Å². The molecule has 0 unspecified atom stereocenters. The lowest BCUT2D eigenvalue weighted by atomic mass is 9.90. The number of carbonyl (C=O) groups is 2.